The van der Waals surface area contributed by atoms with E-state index in [4.69, 9.17) is 4.74 Å². The fraction of sp³-hybridized carbons (Fsp3) is 0.176. The molecule has 2 aromatic carbocycles. The Kier molecular flexibility index (Phi) is 5.26. The lowest BCUT2D eigenvalue weighted by molar-refractivity contribution is 0.0954. The molecule has 4 N–H and O–H groups in total. The molecule has 0 bridgehead atoms. The molecular weight excluding hydrogens is 312 g/mol. The molecule has 0 aliphatic carbocycles. The molecule has 0 spiro atoms. The summed E-state index contributed by atoms with van der Waals surface area (Å²) in [6.07, 6.45) is 0.582. The zero-order valence-corrected chi connectivity index (χ0v) is 13.3. The Bertz CT molecular complexity index is 746. The van der Waals surface area contributed by atoms with E-state index >= 15 is 0 Å². The van der Waals surface area contributed by atoms with Crippen molar-refractivity contribution in [3.8, 4) is 23.0 Å². The highest BCUT2D eigenvalue weighted by Crippen LogP contribution is 2.35. The van der Waals surface area contributed by atoms with Crippen LogP contribution in [-0.4, -0.2) is 34.0 Å². The van der Waals surface area contributed by atoms with Crippen LogP contribution in [0.15, 0.2) is 41.5 Å². The van der Waals surface area contributed by atoms with Crippen LogP contribution in [0.25, 0.3) is 0 Å². The van der Waals surface area contributed by atoms with E-state index in [1.54, 1.807) is 19.2 Å². The molecule has 0 aromatic heterocycles. The number of nitrogens with one attached hydrogen (secondary N) is 1. The zero-order valence-electron chi connectivity index (χ0n) is 13.3. The van der Waals surface area contributed by atoms with Gasteiger partial charge in [-0.3, -0.25) is 4.79 Å². The molecule has 2 rings (SSSR count). The van der Waals surface area contributed by atoms with Gasteiger partial charge in [-0.25, -0.2) is 5.43 Å². The maximum absolute atomic E-state index is 12.1. The molecule has 7 nitrogen and oxygen atoms in total. The van der Waals surface area contributed by atoms with Crippen molar-refractivity contribution in [3.05, 3.63) is 47.5 Å². The van der Waals surface area contributed by atoms with Crippen LogP contribution in [0, 0.1) is 0 Å². The first-order valence-electron chi connectivity index (χ1n) is 7.22. The summed E-state index contributed by atoms with van der Waals surface area (Å²) in [6.45, 7) is 1.90. The van der Waals surface area contributed by atoms with Crippen molar-refractivity contribution in [1.82, 2.24) is 5.43 Å². The maximum atomic E-state index is 12.1. The molecule has 126 valence electrons. The Hall–Kier alpha value is -3.22. The average Bonchev–Trinajstić information content (AvgIpc) is 2.60. The van der Waals surface area contributed by atoms with E-state index in [-0.39, 0.29) is 5.56 Å². The quantitative estimate of drug-likeness (QED) is 0.382. The first-order valence-corrected chi connectivity index (χ1v) is 7.22. The van der Waals surface area contributed by atoms with Crippen LogP contribution < -0.4 is 10.2 Å². The van der Waals surface area contributed by atoms with Gasteiger partial charge in [0.15, 0.2) is 17.2 Å². The predicted octanol–water partition coefficient (Wildman–Crippen LogP) is 2.36. The third-order valence-corrected chi connectivity index (χ3v) is 3.38. The minimum Gasteiger partial charge on any atom is -0.504 e. The van der Waals surface area contributed by atoms with Crippen LogP contribution in [-0.2, 0) is 0 Å². The number of hydrogen-bond acceptors (Lipinski definition) is 6. The Balaban J connectivity index is 2.18. The molecular formula is C17H18N2O5. The summed E-state index contributed by atoms with van der Waals surface area (Å²) in [6, 6.07) is 9.31. The number of carbonyl (C=O) groups is 1. The smallest absolute Gasteiger partial charge is 0.271 e. The minimum atomic E-state index is -0.678. The molecule has 24 heavy (non-hydrogen) atoms. The fourth-order valence-electron chi connectivity index (χ4n) is 2.05. The number of rotatable bonds is 5. The predicted molar refractivity (Wildman–Crippen MR) is 88.7 cm³/mol. The molecule has 0 aliphatic rings. The monoisotopic (exact) mass is 330 g/mol. The van der Waals surface area contributed by atoms with Crippen LogP contribution >= 0.6 is 0 Å². The molecule has 0 heterocycles. The Morgan fingerprint density at radius 1 is 1.08 bits per heavy atom. The molecule has 0 aliphatic heterocycles. The van der Waals surface area contributed by atoms with Gasteiger partial charge in [-0.15, -0.1) is 0 Å². The Labute approximate surface area is 138 Å². The van der Waals surface area contributed by atoms with Crippen LogP contribution in [0.4, 0.5) is 0 Å². The van der Waals surface area contributed by atoms with Crippen molar-refractivity contribution < 1.29 is 24.9 Å². The number of aromatic hydroxyl groups is 3. The van der Waals surface area contributed by atoms with E-state index in [0.29, 0.717) is 17.9 Å². The first-order chi connectivity index (χ1) is 11.5. The third kappa shape index (κ3) is 3.75. The second-order valence-corrected chi connectivity index (χ2v) is 4.94. The highest BCUT2D eigenvalue weighted by atomic mass is 16.5. The normalized spacial score (nSPS) is 11.2. The van der Waals surface area contributed by atoms with Gasteiger partial charge in [-0.1, -0.05) is 6.92 Å². The summed E-state index contributed by atoms with van der Waals surface area (Å²) in [5, 5.41) is 32.3. The summed E-state index contributed by atoms with van der Waals surface area (Å²) in [4.78, 5) is 12.1. The highest BCUT2D eigenvalue weighted by molar-refractivity contribution is 6.02. The number of hydrazone groups is 1. The average molecular weight is 330 g/mol. The summed E-state index contributed by atoms with van der Waals surface area (Å²) < 4.78 is 5.09. The molecule has 2 aromatic rings. The largest absolute Gasteiger partial charge is 0.504 e. The summed E-state index contributed by atoms with van der Waals surface area (Å²) in [5.74, 6) is -1.76. The third-order valence-electron chi connectivity index (χ3n) is 3.38. The summed E-state index contributed by atoms with van der Waals surface area (Å²) >= 11 is 0. The molecule has 0 fully saturated rings. The van der Waals surface area contributed by atoms with Crippen LogP contribution in [0.3, 0.4) is 0 Å². The van der Waals surface area contributed by atoms with Gasteiger partial charge in [0.1, 0.15) is 5.75 Å². The number of carbonyl (C=O) groups excluding carboxylic acids is 1. The van der Waals surface area contributed by atoms with E-state index in [1.165, 1.54) is 0 Å². The van der Waals surface area contributed by atoms with Gasteiger partial charge in [-0.05, 0) is 48.4 Å². The topological polar surface area (TPSA) is 111 Å². The van der Waals surface area contributed by atoms with Crippen molar-refractivity contribution in [2.24, 2.45) is 5.10 Å². The maximum Gasteiger partial charge on any atom is 0.271 e. The number of ether oxygens (including phenoxy) is 1. The zero-order chi connectivity index (χ0) is 17.7. The van der Waals surface area contributed by atoms with Crippen molar-refractivity contribution in [2.75, 3.05) is 7.11 Å². The second kappa shape index (κ2) is 7.36. The van der Waals surface area contributed by atoms with E-state index in [0.717, 1.165) is 17.7 Å². The molecule has 0 radical (unpaired) electrons. The molecule has 0 saturated heterocycles. The number of nitrogens with zero attached hydrogens (tertiary/aromatic N) is 1. The molecule has 7 heteroatoms. The van der Waals surface area contributed by atoms with Crippen LogP contribution in [0.1, 0.15) is 29.3 Å². The van der Waals surface area contributed by atoms with Crippen LogP contribution in [0.2, 0.25) is 0 Å². The van der Waals surface area contributed by atoms with E-state index in [9.17, 15) is 20.1 Å². The number of amides is 1. The SMILES string of the molecule is CC/C(=N\NC(=O)c1cc(O)c(O)c(O)c1)c1ccc(OC)cc1. The molecule has 0 atom stereocenters. The second-order valence-electron chi connectivity index (χ2n) is 4.94. The number of phenolic OH excluding ortho intramolecular Hbond substituents is 3. The van der Waals surface area contributed by atoms with E-state index in [2.05, 4.69) is 10.5 Å². The number of phenols is 3. The molecule has 1 amide bonds. The Morgan fingerprint density at radius 3 is 2.17 bits per heavy atom. The lowest BCUT2D eigenvalue weighted by Crippen LogP contribution is -2.20. The first kappa shape index (κ1) is 17.1. The standard InChI is InChI=1S/C17H18N2O5/c1-3-13(10-4-6-12(24-2)7-5-10)18-19-17(23)11-8-14(20)16(22)15(21)9-11/h4-9,20-22H,3H2,1-2H3,(H,19,23)/b18-13+. The van der Waals surface area contributed by atoms with Gasteiger partial charge < -0.3 is 20.1 Å². The molecule has 0 saturated carbocycles. The van der Waals surface area contributed by atoms with Crippen molar-refractivity contribution >= 4 is 11.6 Å². The van der Waals surface area contributed by atoms with Gasteiger partial charge in [-0.2, -0.15) is 5.10 Å². The van der Waals surface area contributed by atoms with Gasteiger partial charge in [0.05, 0.1) is 12.8 Å². The lowest BCUT2D eigenvalue weighted by Gasteiger charge is -2.08. The molecule has 0 unspecified atom stereocenters. The van der Waals surface area contributed by atoms with Gasteiger partial charge in [0, 0.05) is 5.56 Å². The Morgan fingerprint density at radius 2 is 1.67 bits per heavy atom. The summed E-state index contributed by atoms with van der Waals surface area (Å²) in [5.41, 5.74) is 3.81. The number of hydrogen-bond donors (Lipinski definition) is 4. The summed E-state index contributed by atoms with van der Waals surface area (Å²) in [7, 11) is 1.58. The van der Waals surface area contributed by atoms with Crippen molar-refractivity contribution in [3.63, 3.8) is 0 Å². The van der Waals surface area contributed by atoms with Gasteiger partial charge in [0.25, 0.3) is 5.91 Å². The van der Waals surface area contributed by atoms with Crippen LogP contribution in [0.5, 0.6) is 23.0 Å². The minimum absolute atomic E-state index is 0.0308. The van der Waals surface area contributed by atoms with Gasteiger partial charge in [0.2, 0.25) is 0 Å². The van der Waals surface area contributed by atoms with E-state index < -0.39 is 23.2 Å². The van der Waals surface area contributed by atoms with Crippen molar-refractivity contribution in [1.29, 1.82) is 0 Å². The van der Waals surface area contributed by atoms with Gasteiger partial charge >= 0.3 is 0 Å². The fourth-order valence-corrected chi connectivity index (χ4v) is 2.05. The number of benzene rings is 2. The van der Waals surface area contributed by atoms with Crippen molar-refractivity contribution in [2.45, 2.75) is 13.3 Å². The number of methoxy groups -OCH3 is 1. The van der Waals surface area contributed by atoms with E-state index in [1.807, 2.05) is 19.1 Å². The lowest BCUT2D eigenvalue weighted by atomic mass is 10.1. The highest BCUT2D eigenvalue weighted by Gasteiger charge is 2.13.